The van der Waals surface area contributed by atoms with Crippen LogP contribution in [0.1, 0.15) is 16.8 Å². The molecule has 5 nitrogen and oxygen atoms in total. The third-order valence-electron chi connectivity index (χ3n) is 4.27. The largest absolute Gasteiger partial charge is 0.398 e. The number of carbonyl (C=O) groups excluding carboxylic acids is 1. The molecule has 0 aliphatic heterocycles. The lowest BCUT2D eigenvalue weighted by Gasteiger charge is -2.17. The average Bonchev–Trinajstić information content (AvgIpc) is 2.68. The molecule has 0 radical (unpaired) electrons. The minimum Gasteiger partial charge on any atom is -0.398 e. The Morgan fingerprint density at radius 1 is 1.11 bits per heavy atom. The van der Waals surface area contributed by atoms with E-state index in [0.717, 1.165) is 29.4 Å². The minimum atomic E-state index is -0.208. The van der Waals surface area contributed by atoms with Crippen molar-refractivity contribution in [3.8, 4) is 0 Å². The highest BCUT2D eigenvalue weighted by Gasteiger charge is 2.12. The van der Waals surface area contributed by atoms with Crippen molar-refractivity contribution in [3.63, 3.8) is 0 Å². The van der Waals surface area contributed by atoms with Gasteiger partial charge in [-0.3, -0.25) is 4.79 Å². The monoisotopic (exact) mass is 400 g/mol. The van der Waals surface area contributed by atoms with Crippen LogP contribution in [0.4, 0.5) is 17.1 Å². The maximum absolute atomic E-state index is 12.7. The number of nitrogen functional groups attached to an aromatic ring is 1. The molecule has 0 aromatic heterocycles. The molecule has 27 heavy (non-hydrogen) atoms. The highest BCUT2D eigenvalue weighted by Crippen LogP contribution is 2.34. The highest BCUT2D eigenvalue weighted by molar-refractivity contribution is 7.81. The van der Waals surface area contributed by atoms with Gasteiger partial charge in [-0.25, -0.2) is 0 Å². The molecule has 140 valence electrons. The summed E-state index contributed by atoms with van der Waals surface area (Å²) in [5, 5.41) is 5.02. The summed E-state index contributed by atoms with van der Waals surface area (Å²) in [5.74, 6) is -0.208. The number of hydrogen-bond acceptors (Lipinski definition) is 5. The van der Waals surface area contributed by atoms with E-state index >= 15 is 0 Å². The molecule has 7 heteroatoms. The number of nitrogens with one attached hydrogen (secondary N) is 1. The van der Waals surface area contributed by atoms with Crippen molar-refractivity contribution < 1.29 is 4.79 Å². The van der Waals surface area contributed by atoms with Crippen LogP contribution in [0.25, 0.3) is 10.8 Å². The van der Waals surface area contributed by atoms with Gasteiger partial charge in [-0.1, -0.05) is 36.5 Å². The van der Waals surface area contributed by atoms with Crippen LogP contribution in [-0.4, -0.2) is 19.0 Å². The first-order chi connectivity index (χ1) is 13.0. The van der Waals surface area contributed by atoms with Crippen molar-refractivity contribution >= 4 is 58.2 Å². The number of rotatable bonds is 6. The SMILES string of the molecule is NCCCN(S)c1ccc(C(=O)Nc2ccc(Cl)c3c(N)cccc23)cc1. The normalized spacial score (nSPS) is 10.8. The number of nitrogens with zero attached hydrogens (tertiary/aromatic N) is 1. The number of nitrogens with two attached hydrogens (primary N) is 2. The third kappa shape index (κ3) is 4.30. The molecule has 0 spiro atoms. The van der Waals surface area contributed by atoms with Crippen molar-refractivity contribution in [1.29, 1.82) is 0 Å². The molecule has 0 saturated carbocycles. The van der Waals surface area contributed by atoms with E-state index in [2.05, 4.69) is 18.1 Å². The number of hydrogen-bond donors (Lipinski definition) is 4. The van der Waals surface area contributed by atoms with E-state index in [1.54, 1.807) is 30.3 Å². The van der Waals surface area contributed by atoms with Gasteiger partial charge in [-0.2, -0.15) is 0 Å². The lowest BCUT2D eigenvalue weighted by molar-refractivity contribution is 0.102. The summed E-state index contributed by atoms with van der Waals surface area (Å²) in [6.45, 7) is 1.35. The summed E-state index contributed by atoms with van der Waals surface area (Å²) in [4.78, 5) is 12.7. The molecule has 0 bridgehead atoms. The van der Waals surface area contributed by atoms with Gasteiger partial charge >= 0.3 is 0 Å². The lowest BCUT2D eigenvalue weighted by Crippen LogP contribution is -2.16. The van der Waals surface area contributed by atoms with E-state index in [9.17, 15) is 4.79 Å². The highest BCUT2D eigenvalue weighted by atomic mass is 35.5. The summed E-state index contributed by atoms with van der Waals surface area (Å²) < 4.78 is 1.81. The molecule has 0 heterocycles. The van der Waals surface area contributed by atoms with Crippen LogP contribution >= 0.6 is 24.4 Å². The Kier molecular flexibility index (Phi) is 6.11. The molecule has 0 atom stereocenters. The van der Waals surface area contributed by atoms with Crippen molar-refractivity contribution in [2.45, 2.75) is 6.42 Å². The fourth-order valence-electron chi connectivity index (χ4n) is 2.85. The fourth-order valence-corrected chi connectivity index (χ4v) is 3.40. The van der Waals surface area contributed by atoms with E-state index < -0.39 is 0 Å². The molecular weight excluding hydrogens is 380 g/mol. The van der Waals surface area contributed by atoms with Gasteiger partial charge in [0.2, 0.25) is 0 Å². The first-order valence-corrected chi connectivity index (χ1v) is 9.33. The van der Waals surface area contributed by atoms with Crippen LogP contribution in [0.15, 0.2) is 54.6 Å². The quantitative estimate of drug-likeness (QED) is 0.366. The molecule has 0 aliphatic rings. The Morgan fingerprint density at radius 3 is 2.56 bits per heavy atom. The van der Waals surface area contributed by atoms with Crippen LogP contribution in [-0.2, 0) is 0 Å². The Bertz CT molecular complexity index is 954. The summed E-state index contributed by atoms with van der Waals surface area (Å²) in [5.41, 5.74) is 14.2. The van der Waals surface area contributed by atoms with Gasteiger partial charge in [0.05, 0.1) is 5.02 Å². The lowest BCUT2D eigenvalue weighted by atomic mass is 10.1. The average molecular weight is 401 g/mol. The van der Waals surface area contributed by atoms with E-state index in [1.165, 1.54) is 0 Å². The number of amides is 1. The van der Waals surface area contributed by atoms with Crippen LogP contribution < -0.4 is 21.1 Å². The van der Waals surface area contributed by atoms with Crippen LogP contribution in [0, 0.1) is 0 Å². The summed E-state index contributed by atoms with van der Waals surface area (Å²) in [7, 11) is 0. The predicted molar refractivity (Wildman–Crippen MR) is 118 cm³/mol. The van der Waals surface area contributed by atoms with Gasteiger partial charge in [0.25, 0.3) is 5.91 Å². The molecule has 0 fully saturated rings. The molecule has 3 aromatic carbocycles. The number of fused-ring (bicyclic) bond motifs is 1. The maximum Gasteiger partial charge on any atom is 0.255 e. The maximum atomic E-state index is 12.7. The zero-order chi connectivity index (χ0) is 19.4. The van der Waals surface area contributed by atoms with Crippen molar-refractivity contribution in [2.75, 3.05) is 28.4 Å². The third-order valence-corrected chi connectivity index (χ3v) is 5.02. The molecular formula is C20H21ClN4OS. The zero-order valence-electron chi connectivity index (χ0n) is 14.7. The molecule has 0 unspecified atom stereocenters. The zero-order valence-corrected chi connectivity index (χ0v) is 16.3. The number of carbonyl (C=O) groups is 1. The Morgan fingerprint density at radius 2 is 1.85 bits per heavy atom. The second-order valence-corrected chi connectivity index (χ2v) is 7.02. The molecule has 0 saturated heterocycles. The van der Waals surface area contributed by atoms with E-state index in [4.69, 9.17) is 23.1 Å². The number of benzene rings is 3. The summed E-state index contributed by atoms with van der Waals surface area (Å²) in [6.07, 6.45) is 0.846. The molecule has 0 aliphatic carbocycles. The van der Waals surface area contributed by atoms with Gasteiger partial charge < -0.3 is 21.1 Å². The summed E-state index contributed by atoms with van der Waals surface area (Å²) in [6, 6.07) is 16.3. The second kappa shape index (κ2) is 8.52. The van der Waals surface area contributed by atoms with Gasteiger partial charge in [-0.15, -0.1) is 0 Å². The van der Waals surface area contributed by atoms with Gasteiger partial charge in [0.15, 0.2) is 0 Å². The van der Waals surface area contributed by atoms with Gasteiger partial charge in [-0.05, 0) is 55.4 Å². The smallest absolute Gasteiger partial charge is 0.255 e. The van der Waals surface area contributed by atoms with Gasteiger partial charge in [0.1, 0.15) is 0 Å². The van der Waals surface area contributed by atoms with Crippen LogP contribution in [0.2, 0.25) is 5.02 Å². The predicted octanol–water partition coefficient (Wildman–Crippen LogP) is 4.33. The number of anilines is 3. The first-order valence-electron chi connectivity index (χ1n) is 8.56. The van der Waals surface area contributed by atoms with Crippen molar-refractivity contribution in [3.05, 3.63) is 65.2 Å². The fraction of sp³-hybridized carbons (Fsp3) is 0.150. The molecule has 3 aromatic rings. The Labute approximate surface area is 168 Å². The van der Waals surface area contributed by atoms with Crippen LogP contribution in [0.5, 0.6) is 0 Å². The van der Waals surface area contributed by atoms with E-state index in [1.807, 2.05) is 28.6 Å². The summed E-state index contributed by atoms with van der Waals surface area (Å²) >= 11 is 10.7. The van der Waals surface area contributed by atoms with Crippen molar-refractivity contribution in [1.82, 2.24) is 0 Å². The Balaban J connectivity index is 1.81. The number of halogens is 1. The van der Waals surface area contributed by atoms with Crippen LogP contribution in [0.3, 0.4) is 0 Å². The van der Waals surface area contributed by atoms with Gasteiger partial charge in [0, 0.05) is 39.9 Å². The topological polar surface area (TPSA) is 84.4 Å². The minimum absolute atomic E-state index is 0.208. The second-order valence-electron chi connectivity index (χ2n) is 6.13. The molecule has 3 rings (SSSR count). The Hall–Kier alpha value is -2.41. The van der Waals surface area contributed by atoms with Crippen molar-refractivity contribution in [2.24, 2.45) is 5.73 Å². The first kappa shape index (κ1) is 19.4. The molecule has 1 amide bonds. The van der Waals surface area contributed by atoms with E-state index in [-0.39, 0.29) is 5.91 Å². The molecule has 5 N–H and O–H groups in total. The standard InChI is InChI=1S/C20H21ClN4OS/c21-16-9-10-18(15-3-1-4-17(23)19(15)16)24-20(26)13-5-7-14(8-6-13)25(27)12-2-11-22/h1,3-10,27H,2,11-12,22-23H2,(H,24,26). The number of thiol groups is 1. The van der Waals surface area contributed by atoms with E-state index in [0.29, 0.717) is 28.5 Å².